The maximum atomic E-state index is 13.9. The molecule has 0 saturated carbocycles. The number of hydrogen-bond donors (Lipinski definition) is 1. The van der Waals surface area contributed by atoms with E-state index in [-0.39, 0.29) is 18.4 Å². The zero-order valence-corrected chi connectivity index (χ0v) is 12.2. The third-order valence-corrected chi connectivity index (χ3v) is 3.08. The Morgan fingerprint density at radius 3 is 2.33 bits per heavy atom. The molecule has 0 bridgehead atoms. The summed E-state index contributed by atoms with van der Waals surface area (Å²) in [7, 11) is 0. The van der Waals surface area contributed by atoms with E-state index >= 15 is 0 Å². The Morgan fingerprint density at radius 1 is 1.10 bits per heavy atom. The van der Waals surface area contributed by atoms with Crippen molar-refractivity contribution in [3.05, 3.63) is 64.7 Å². The topological polar surface area (TPSA) is 35.2 Å². The molecule has 0 amide bonds. The highest BCUT2D eigenvalue weighted by Crippen LogP contribution is 2.25. The van der Waals surface area contributed by atoms with Gasteiger partial charge in [-0.3, -0.25) is 0 Å². The first-order chi connectivity index (χ1) is 9.95. The van der Waals surface area contributed by atoms with Gasteiger partial charge in [-0.1, -0.05) is 29.8 Å². The quantitative estimate of drug-likeness (QED) is 0.910. The second-order valence-electron chi connectivity index (χ2n) is 5.35. The van der Waals surface area contributed by atoms with Crippen molar-refractivity contribution in [2.24, 2.45) is 5.73 Å². The Hall–Kier alpha value is -1.94. The molecular formula is C17H19F2NO. The normalized spacial score (nSPS) is 12.2. The van der Waals surface area contributed by atoms with E-state index in [4.69, 9.17) is 10.5 Å². The number of hydrogen-bond acceptors (Lipinski definition) is 2. The van der Waals surface area contributed by atoms with E-state index in [0.29, 0.717) is 12.0 Å². The molecule has 21 heavy (non-hydrogen) atoms. The molecule has 1 atom stereocenters. The molecule has 0 radical (unpaired) electrons. The van der Waals surface area contributed by atoms with Crippen molar-refractivity contribution < 1.29 is 13.5 Å². The van der Waals surface area contributed by atoms with E-state index in [2.05, 4.69) is 0 Å². The van der Waals surface area contributed by atoms with Gasteiger partial charge in [-0.15, -0.1) is 0 Å². The Labute approximate surface area is 123 Å². The van der Waals surface area contributed by atoms with Crippen LogP contribution in [0.2, 0.25) is 0 Å². The molecular weight excluding hydrogens is 272 g/mol. The fourth-order valence-electron chi connectivity index (χ4n) is 2.20. The van der Waals surface area contributed by atoms with E-state index in [1.54, 1.807) is 6.92 Å². The van der Waals surface area contributed by atoms with Crippen LogP contribution >= 0.6 is 0 Å². The molecule has 0 aliphatic heterocycles. The summed E-state index contributed by atoms with van der Waals surface area (Å²) in [5.74, 6) is -1.73. The summed E-state index contributed by atoms with van der Waals surface area (Å²) in [6.45, 7) is 3.87. The molecule has 0 aliphatic carbocycles. The standard InChI is InChI=1S/C17H19F2NO/c1-11-4-3-5-13(6-11)10-21-17-15(18)8-14(7-12(2)20)9-16(17)19/h3-6,8-9,12H,7,10,20H2,1-2H3. The van der Waals surface area contributed by atoms with Crippen molar-refractivity contribution >= 4 is 0 Å². The third kappa shape index (κ3) is 4.26. The molecule has 0 saturated heterocycles. The first-order valence-corrected chi connectivity index (χ1v) is 6.87. The lowest BCUT2D eigenvalue weighted by molar-refractivity contribution is 0.273. The SMILES string of the molecule is Cc1cccc(COc2c(F)cc(CC(C)N)cc2F)c1. The molecule has 0 aliphatic rings. The van der Waals surface area contributed by atoms with Gasteiger partial charge in [-0.25, -0.2) is 8.78 Å². The van der Waals surface area contributed by atoms with E-state index in [0.717, 1.165) is 11.1 Å². The lowest BCUT2D eigenvalue weighted by Gasteiger charge is -2.11. The lowest BCUT2D eigenvalue weighted by atomic mass is 10.1. The lowest BCUT2D eigenvalue weighted by Crippen LogP contribution is -2.18. The fraction of sp³-hybridized carbons (Fsp3) is 0.294. The molecule has 0 heterocycles. The van der Waals surface area contributed by atoms with Crippen molar-refractivity contribution in [3.63, 3.8) is 0 Å². The largest absolute Gasteiger partial charge is 0.483 e. The zero-order chi connectivity index (χ0) is 15.4. The summed E-state index contributed by atoms with van der Waals surface area (Å²) >= 11 is 0. The van der Waals surface area contributed by atoms with E-state index in [1.165, 1.54) is 12.1 Å². The second kappa shape index (κ2) is 6.68. The summed E-state index contributed by atoms with van der Waals surface area (Å²) in [6, 6.07) is 10.0. The number of ether oxygens (including phenoxy) is 1. The van der Waals surface area contributed by atoms with Gasteiger partial charge in [0.15, 0.2) is 17.4 Å². The van der Waals surface area contributed by atoms with E-state index in [1.807, 2.05) is 31.2 Å². The Kier molecular flexibility index (Phi) is 4.91. The van der Waals surface area contributed by atoms with Gasteiger partial charge in [0.2, 0.25) is 0 Å². The van der Waals surface area contributed by atoms with Crippen LogP contribution in [0.4, 0.5) is 8.78 Å². The first-order valence-electron chi connectivity index (χ1n) is 6.87. The highest BCUT2D eigenvalue weighted by molar-refractivity contribution is 5.32. The fourth-order valence-corrected chi connectivity index (χ4v) is 2.20. The van der Waals surface area contributed by atoms with E-state index in [9.17, 15) is 8.78 Å². The van der Waals surface area contributed by atoms with Crippen molar-refractivity contribution in [2.75, 3.05) is 0 Å². The molecule has 0 fully saturated rings. The van der Waals surface area contributed by atoms with Crippen LogP contribution < -0.4 is 10.5 Å². The van der Waals surface area contributed by atoms with Gasteiger partial charge in [0.05, 0.1) is 0 Å². The maximum Gasteiger partial charge on any atom is 0.191 e. The van der Waals surface area contributed by atoms with Gasteiger partial charge >= 0.3 is 0 Å². The Morgan fingerprint density at radius 2 is 1.76 bits per heavy atom. The van der Waals surface area contributed by atoms with Gasteiger partial charge in [-0.05, 0) is 43.5 Å². The molecule has 112 valence electrons. The Balaban J connectivity index is 2.13. The maximum absolute atomic E-state index is 13.9. The van der Waals surface area contributed by atoms with Gasteiger partial charge in [-0.2, -0.15) is 0 Å². The van der Waals surface area contributed by atoms with Crippen LogP contribution in [-0.4, -0.2) is 6.04 Å². The molecule has 0 spiro atoms. The van der Waals surface area contributed by atoms with Crippen LogP contribution in [-0.2, 0) is 13.0 Å². The number of benzene rings is 2. The molecule has 2 aromatic rings. The van der Waals surface area contributed by atoms with Gasteiger partial charge < -0.3 is 10.5 Å². The number of halogens is 2. The van der Waals surface area contributed by atoms with Crippen molar-refractivity contribution in [3.8, 4) is 5.75 Å². The van der Waals surface area contributed by atoms with Crippen molar-refractivity contribution in [1.82, 2.24) is 0 Å². The smallest absolute Gasteiger partial charge is 0.191 e. The van der Waals surface area contributed by atoms with Crippen LogP contribution in [0.15, 0.2) is 36.4 Å². The van der Waals surface area contributed by atoms with Gasteiger partial charge in [0, 0.05) is 6.04 Å². The predicted molar refractivity (Wildman–Crippen MR) is 79.2 cm³/mol. The molecule has 2 rings (SSSR count). The van der Waals surface area contributed by atoms with Crippen LogP contribution in [0.5, 0.6) is 5.75 Å². The van der Waals surface area contributed by atoms with Crippen LogP contribution in [0, 0.1) is 18.6 Å². The summed E-state index contributed by atoms with van der Waals surface area (Å²) in [5.41, 5.74) is 8.11. The van der Waals surface area contributed by atoms with Gasteiger partial charge in [0.25, 0.3) is 0 Å². The molecule has 0 aromatic heterocycles. The van der Waals surface area contributed by atoms with Gasteiger partial charge in [0.1, 0.15) is 6.61 Å². The Bertz CT molecular complexity index is 603. The van der Waals surface area contributed by atoms with Crippen LogP contribution in [0.25, 0.3) is 0 Å². The average Bonchev–Trinajstić information content (AvgIpc) is 2.37. The van der Waals surface area contributed by atoms with Crippen molar-refractivity contribution in [2.45, 2.75) is 32.9 Å². The van der Waals surface area contributed by atoms with Crippen molar-refractivity contribution in [1.29, 1.82) is 0 Å². The highest BCUT2D eigenvalue weighted by atomic mass is 19.1. The molecule has 2 nitrogen and oxygen atoms in total. The minimum atomic E-state index is -0.696. The molecule has 4 heteroatoms. The highest BCUT2D eigenvalue weighted by Gasteiger charge is 2.13. The number of nitrogens with two attached hydrogens (primary N) is 1. The molecule has 1 unspecified atom stereocenters. The summed E-state index contributed by atoms with van der Waals surface area (Å²) in [4.78, 5) is 0. The van der Waals surface area contributed by atoms with Crippen LogP contribution in [0.3, 0.4) is 0 Å². The molecule has 2 aromatic carbocycles. The van der Waals surface area contributed by atoms with Crippen LogP contribution in [0.1, 0.15) is 23.6 Å². The number of aryl methyl sites for hydroxylation is 1. The monoisotopic (exact) mass is 291 g/mol. The third-order valence-electron chi connectivity index (χ3n) is 3.08. The minimum absolute atomic E-state index is 0.127. The van der Waals surface area contributed by atoms with E-state index < -0.39 is 11.6 Å². The summed E-state index contributed by atoms with van der Waals surface area (Å²) in [5, 5.41) is 0. The molecule has 2 N–H and O–H groups in total. The number of rotatable bonds is 5. The first kappa shape index (κ1) is 15.4. The summed E-state index contributed by atoms with van der Waals surface area (Å²) < 4.78 is 33.2. The summed E-state index contributed by atoms with van der Waals surface area (Å²) in [6.07, 6.45) is 0.423. The second-order valence-corrected chi connectivity index (χ2v) is 5.35. The zero-order valence-electron chi connectivity index (χ0n) is 12.2. The average molecular weight is 291 g/mol. The minimum Gasteiger partial charge on any atom is -0.483 e. The predicted octanol–water partition coefficient (Wildman–Crippen LogP) is 3.74.